The molecule has 1 amide bonds. The number of carbonyl (C=O) groups excluding carboxylic acids is 1. The van der Waals surface area contributed by atoms with Crippen molar-refractivity contribution in [3.8, 4) is 0 Å². The smallest absolute Gasteiger partial charge is 0.439 e. The van der Waals surface area contributed by atoms with Gasteiger partial charge < -0.3 is 9.84 Å². The van der Waals surface area contributed by atoms with E-state index >= 15 is 0 Å². The average Bonchev–Trinajstić information content (AvgIpc) is 2.79. The van der Waals surface area contributed by atoms with Crippen LogP contribution in [0.1, 0.15) is 18.9 Å². The van der Waals surface area contributed by atoms with Crippen molar-refractivity contribution in [2.24, 2.45) is 5.10 Å². The van der Waals surface area contributed by atoms with Gasteiger partial charge in [0, 0.05) is 18.0 Å². The highest BCUT2D eigenvalue weighted by molar-refractivity contribution is 6.03. The number of alkyl halides is 3. The van der Waals surface area contributed by atoms with Gasteiger partial charge in [-0.3, -0.25) is 4.98 Å². The van der Waals surface area contributed by atoms with Crippen LogP contribution in [-0.4, -0.2) is 45.4 Å². The van der Waals surface area contributed by atoms with Crippen LogP contribution in [0.5, 0.6) is 0 Å². The molecule has 0 spiro atoms. The first-order valence-corrected chi connectivity index (χ1v) is 6.03. The largest absolute Gasteiger partial charge is 0.448 e. The molecular weight excluding hydrogens is 291 g/mol. The van der Waals surface area contributed by atoms with Crippen LogP contribution in [0, 0.1) is 0 Å². The topological polar surface area (TPSA) is 75.0 Å². The number of hydrogen-bond donors (Lipinski definition) is 1. The number of hydrazone groups is 1. The zero-order valence-electron chi connectivity index (χ0n) is 11.0. The molecule has 0 bridgehead atoms. The lowest BCUT2D eigenvalue weighted by molar-refractivity contribution is -0.299. The minimum Gasteiger partial charge on any atom is -0.448 e. The molecule has 0 saturated carbocycles. The van der Waals surface area contributed by atoms with Crippen molar-refractivity contribution in [3.63, 3.8) is 0 Å². The fraction of sp³-hybridized carbons (Fsp3) is 0.417. The number of amides is 1. The lowest BCUT2D eigenvalue weighted by Crippen LogP contribution is -2.56. The molecule has 0 radical (unpaired) electrons. The highest BCUT2D eigenvalue weighted by atomic mass is 19.4. The van der Waals surface area contributed by atoms with Crippen molar-refractivity contribution in [2.75, 3.05) is 6.61 Å². The molecule has 1 N–H and O–H groups in total. The lowest BCUT2D eigenvalue weighted by atomic mass is 10.0. The standard InChI is InChI=1S/C12H12F3N3O3/c1-2-21-10(19)18-11(20,12(13,14)15)6-9(17-18)8-4-3-5-16-7-8/h3-5,7,20H,2,6H2,1H3/t11-/m1/s1. The third kappa shape index (κ3) is 2.68. The Morgan fingerprint density at radius 1 is 1.57 bits per heavy atom. The van der Waals surface area contributed by atoms with Crippen LogP contribution < -0.4 is 0 Å². The van der Waals surface area contributed by atoms with E-state index < -0.39 is 24.4 Å². The molecule has 1 atom stereocenters. The van der Waals surface area contributed by atoms with Crippen molar-refractivity contribution in [2.45, 2.75) is 25.2 Å². The third-order valence-corrected chi connectivity index (χ3v) is 2.87. The summed E-state index contributed by atoms with van der Waals surface area (Å²) < 4.78 is 43.8. The highest BCUT2D eigenvalue weighted by Crippen LogP contribution is 2.41. The summed E-state index contributed by atoms with van der Waals surface area (Å²) in [6.07, 6.45) is -4.59. The van der Waals surface area contributed by atoms with Gasteiger partial charge in [-0.05, 0) is 13.0 Å². The molecule has 2 heterocycles. The molecule has 6 nitrogen and oxygen atoms in total. The molecule has 0 fully saturated rings. The molecule has 9 heteroatoms. The van der Waals surface area contributed by atoms with Gasteiger partial charge in [-0.1, -0.05) is 6.07 Å². The van der Waals surface area contributed by atoms with Crippen molar-refractivity contribution < 1.29 is 27.8 Å². The maximum atomic E-state index is 13.1. The number of ether oxygens (including phenoxy) is 1. The van der Waals surface area contributed by atoms with Gasteiger partial charge in [0.2, 0.25) is 0 Å². The quantitative estimate of drug-likeness (QED) is 0.905. The van der Waals surface area contributed by atoms with Crippen molar-refractivity contribution in [1.29, 1.82) is 0 Å². The maximum Gasteiger partial charge on any atom is 0.439 e. The Labute approximate surface area is 117 Å². The van der Waals surface area contributed by atoms with E-state index in [2.05, 4.69) is 14.8 Å². The first-order chi connectivity index (χ1) is 9.79. The van der Waals surface area contributed by atoms with Gasteiger partial charge in [0.15, 0.2) is 0 Å². The predicted octanol–water partition coefficient (Wildman–Crippen LogP) is 1.90. The van der Waals surface area contributed by atoms with Gasteiger partial charge in [0.05, 0.1) is 18.7 Å². The number of carbonyl (C=O) groups is 1. The van der Waals surface area contributed by atoms with E-state index in [1.165, 1.54) is 31.5 Å². The Morgan fingerprint density at radius 3 is 2.81 bits per heavy atom. The summed E-state index contributed by atoms with van der Waals surface area (Å²) in [6.45, 7) is 1.30. The Kier molecular flexibility index (Phi) is 3.86. The Hall–Kier alpha value is -2.16. The van der Waals surface area contributed by atoms with E-state index in [0.29, 0.717) is 0 Å². The molecule has 1 aliphatic rings. The molecule has 1 aromatic rings. The first kappa shape index (κ1) is 15.2. The highest BCUT2D eigenvalue weighted by Gasteiger charge is 2.64. The summed E-state index contributed by atoms with van der Waals surface area (Å²) in [5.41, 5.74) is -3.24. The van der Waals surface area contributed by atoms with Gasteiger partial charge in [-0.15, -0.1) is 0 Å². The first-order valence-electron chi connectivity index (χ1n) is 6.03. The van der Waals surface area contributed by atoms with Gasteiger partial charge in [0.1, 0.15) is 0 Å². The summed E-state index contributed by atoms with van der Waals surface area (Å²) >= 11 is 0. The molecule has 1 aliphatic heterocycles. The van der Waals surface area contributed by atoms with Crippen LogP contribution in [0.3, 0.4) is 0 Å². The van der Waals surface area contributed by atoms with Crippen LogP contribution in [0.4, 0.5) is 18.0 Å². The second kappa shape index (κ2) is 5.32. The molecule has 2 rings (SSSR count). The number of aliphatic hydroxyl groups is 1. The van der Waals surface area contributed by atoms with E-state index in [1.807, 2.05) is 0 Å². The molecule has 0 unspecified atom stereocenters. The summed E-state index contributed by atoms with van der Waals surface area (Å²) in [4.78, 5) is 15.4. The van der Waals surface area contributed by atoms with E-state index in [4.69, 9.17) is 0 Å². The van der Waals surface area contributed by atoms with Gasteiger partial charge in [0.25, 0.3) is 5.72 Å². The molecule has 0 aliphatic carbocycles. The maximum absolute atomic E-state index is 13.1. The minimum absolute atomic E-state index is 0.0706. The van der Waals surface area contributed by atoms with Crippen LogP contribution in [0.25, 0.3) is 0 Å². The number of halogens is 3. The van der Waals surface area contributed by atoms with Crippen LogP contribution in [0.2, 0.25) is 0 Å². The number of pyridine rings is 1. The van der Waals surface area contributed by atoms with Crippen LogP contribution in [-0.2, 0) is 4.74 Å². The van der Waals surface area contributed by atoms with Gasteiger partial charge in [-0.2, -0.15) is 23.3 Å². The number of aromatic nitrogens is 1. The number of rotatable bonds is 2. The summed E-state index contributed by atoms with van der Waals surface area (Å²) in [5, 5.41) is 13.4. The van der Waals surface area contributed by atoms with E-state index in [9.17, 15) is 23.1 Å². The van der Waals surface area contributed by atoms with Crippen molar-refractivity contribution >= 4 is 11.8 Å². The van der Waals surface area contributed by atoms with Gasteiger partial charge in [-0.25, -0.2) is 4.79 Å². The lowest BCUT2D eigenvalue weighted by Gasteiger charge is -2.31. The summed E-state index contributed by atoms with van der Waals surface area (Å²) in [7, 11) is 0. The number of hydrogen-bond acceptors (Lipinski definition) is 5. The Morgan fingerprint density at radius 2 is 2.29 bits per heavy atom. The minimum atomic E-state index is -5.08. The van der Waals surface area contributed by atoms with Crippen LogP contribution >= 0.6 is 0 Å². The van der Waals surface area contributed by atoms with E-state index in [-0.39, 0.29) is 22.9 Å². The van der Waals surface area contributed by atoms with Crippen molar-refractivity contribution in [3.05, 3.63) is 30.1 Å². The Balaban J connectivity index is 2.40. The zero-order chi connectivity index (χ0) is 15.7. The summed E-state index contributed by atoms with van der Waals surface area (Å²) in [5.74, 6) is 0. The van der Waals surface area contributed by atoms with E-state index in [1.54, 1.807) is 0 Å². The monoisotopic (exact) mass is 303 g/mol. The molecular formula is C12H12F3N3O3. The zero-order valence-corrected chi connectivity index (χ0v) is 11.0. The molecule has 0 saturated heterocycles. The third-order valence-electron chi connectivity index (χ3n) is 2.87. The Bertz CT molecular complexity index is 562. The van der Waals surface area contributed by atoms with Crippen LogP contribution in [0.15, 0.2) is 29.6 Å². The molecule has 114 valence electrons. The van der Waals surface area contributed by atoms with Gasteiger partial charge >= 0.3 is 12.3 Å². The molecule has 0 aromatic carbocycles. The second-order valence-electron chi connectivity index (χ2n) is 4.29. The number of nitrogens with zero attached hydrogens (tertiary/aromatic N) is 3. The fourth-order valence-electron chi connectivity index (χ4n) is 1.84. The van der Waals surface area contributed by atoms with Crippen molar-refractivity contribution in [1.82, 2.24) is 9.99 Å². The SMILES string of the molecule is CCOC(=O)N1N=C(c2cccnc2)C[C@@]1(O)C(F)(F)F. The average molecular weight is 303 g/mol. The van der Waals surface area contributed by atoms with E-state index in [0.717, 1.165) is 0 Å². The fourth-order valence-corrected chi connectivity index (χ4v) is 1.84. The molecule has 21 heavy (non-hydrogen) atoms. The normalized spacial score (nSPS) is 22.1. The molecule has 1 aromatic heterocycles. The second-order valence-corrected chi connectivity index (χ2v) is 4.29. The summed E-state index contributed by atoms with van der Waals surface area (Å²) in [6, 6.07) is 2.99. The predicted molar refractivity (Wildman–Crippen MR) is 65.3 cm³/mol.